The smallest absolute Gasteiger partial charge is 0.243 e. The topological polar surface area (TPSA) is 49.4 Å². The Balaban J connectivity index is 1.57. The Bertz CT molecular complexity index is 600. The minimum Gasteiger partial charge on any atom is -0.314 e. The van der Waals surface area contributed by atoms with Gasteiger partial charge in [-0.2, -0.15) is 4.31 Å². The van der Waals surface area contributed by atoms with Gasteiger partial charge in [-0.05, 0) is 62.3 Å². The molecule has 0 atom stereocenters. The zero-order valence-electron chi connectivity index (χ0n) is 14.0. The number of benzene rings is 1. The summed E-state index contributed by atoms with van der Waals surface area (Å²) >= 11 is 0. The number of hydrogen-bond acceptors (Lipinski definition) is 3. The average molecular weight is 337 g/mol. The van der Waals surface area contributed by atoms with Crippen LogP contribution in [0, 0.1) is 5.92 Å². The highest BCUT2D eigenvalue weighted by Crippen LogP contribution is 2.28. The summed E-state index contributed by atoms with van der Waals surface area (Å²) in [6.07, 6.45) is 6.62. The highest BCUT2D eigenvalue weighted by molar-refractivity contribution is 7.89. The van der Waals surface area contributed by atoms with Gasteiger partial charge in [0, 0.05) is 19.1 Å². The second-order valence-corrected chi connectivity index (χ2v) is 8.86. The first-order valence-corrected chi connectivity index (χ1v) is 10.4. The van der Waals surface area contributed by atoms with E-state index in [1.165, 1.54) is 18.4 Å². The summed E-state index contributed by atoms with van der Waals surface area (Å²) in [5.41, 5.74) is 1.20. The van der Waals surface area contributed by atoms with Gasteiger partial charge in [0.25, 0.3) is 0 Å². The molecule has 23 heavy (non-hydrogen) atoms. The van der Waals surface area contributed by atoms with Gasteiger partial charge in [0.15, 0.2) is 0 Å². The first-order valence-electron chi connectivity index (χ1n) is 8.92. The zero-order valence-corrected chi connectivity index (χ0v) is 14.8. The Morgan fingerprint density at radius 1 is 1.09 bits per heavy atom. The van der Waals surface area contributed by atoms with Crippen molar-refractivity contribution in [1.82, 2.24) is 9.62 Å². The van der Waals surface area contributed by atoms with E-state index in [9.17, 15) is 8.42 Å². The molecule has 0 aromatic heterocycles. The van der Waals surface area contributed by atoms with E-state index in [-0.39, 0.29) is 0 Å². The van der Waals surface area contributed by atoms with Gasteiger partial charge in [-0.15, -0.1) is 0 Å². The second kappa shape index (κ2) is 7.32. The molecule has 1 saturated heterocycles. The zero-order chi connectivity index (χ0) is 16.3. The van der Waals surface area contributed by atoms with E-state index in [1.54, 1.807) is 16.4 Å². The highest BCUT2D eigenvalue weighted by atomic mass is 32.2. The molecule has 2 fully saturated rings. The van der Waals surface area contributed by atoms with Crippen LogP contribution < -0.4 is 5.32 Å². The molecular weight excluding hydrogens is 308 g/mol. The Labute approximate surface area is 140 Å². The molecule has 1 saturated carbocycles. The van der Waals surface area contributed by atoms with Crippen molar-refractivity contribution in [3.05, 3.63) is 29.8 Å². The monoisotopic (exact) mass is 336 g/mol. The molecule has 1 aromatic carbocycles. The Kier molecular flexibility index (Phi) is 5.39. The van der Waals surface area contributed by atoms with E-state index in [0.717, 1.165) is 38.1 Å². The SMILES string of the molecule is CCCc1ccc(S(=O)(=O)N2CCC(NCC3CC3)CC2)cc1. The molecule has 4 nitrogen and oxygen atoms in total. The van der Waals surface area contributed by atoms with Crippen LogP contribution in [0.5, 0.6) is 0 Å². The van der Waals surface area contributed by atoms with Crippen molar-refractivity contribution in [2.45, 2.75) is 56.4 Å². The predicted molar refractivity (Wildman–Crippen MR) is 92.9 cm³/mol. The summed E-state index contributed by atoms with van der Waals surface area (Å²) in [7, 11) is -3.33. The molecule has 2 aliphatic rings. The fourth-order valence-electron chi connectivity index (χ4n) is 3.22. The third kappa shape index (κ3) is 4.34. The van der Waals surface area contributed by atoms with Crippen molar-refractivity contribution < 1.29 is 8.42 Å². The molecule has 128 valence electrons. The Morgan fingerprint density at radius 2 is 1.74 bits per heavy atom. The number of nitrogens with one attached hydrogen (secondary N) is 1. The third-order valence-corrected chi connectivity index (χ3v) is 6.86. The Morgan fingerprint density at radius 3 is 2.30 bits per heavy atom. The normalized spacial score (nSPS) is 20.7. The average Bonchev–Trinajstić information content (AvgIpc) is 3.39. The number of hydrogen-bond donors (Lipinski definition) is 1. The molecule has 0 spiro atoms. The Hall–Kier alpha value is -0.910. The largest absolute Gasteiger partial charge is 0.314 e. The van der Waals surface area contributed by atoms with E-state index in [2.05, 4.69) is 12.2 Å². The minimum atomic E-state index is -3.33. The lowest BCUT2D eigenvalue weighted by Crippen LogP contribution is -2.45. The van der Waals surface area contributed by atoms with Crippen molar-refractivity contribution in [1.29, 1.82) is 0 Å². The van der Waals surface area contributed by atoms with Crippen LogP contribution in [0.4, 0.5) is 0 Å². The van der Waals surface area contributed by atoms with Gasteiger partial charge in [0.2, 0.25) is 10.0 Å². The highest BCUT2D eigenvalue weighted by Gasteiger charge is 2.30. The predicted octanol–water partition coefficient (Wildman–Crippen LogP) is 2.79. The van der Waals surface area contributed by atoms with Crippen LogP contribution in [-0.2, 0) is 16.4 Å². The van der Waals surface area contributed by atoms with Crippen molar-refractivity contribution in [3.8, 4) is 0 Å². The summed E-state index contributed by atoms with van der Waals surface area (Å²) in [6.45, 7) is 4.49. The summed E-state index contributed by atoms with van der Waals surface area (Å²) in [6, 6.07) is 7.89. The van der Waals surface area contributed by atoms with Gasteiger partial charge in [-0.25, -0.2) is 8.42 Å². The summed E-state index contributed by atoms with van der Waals surface area (Å²) < 4.78 is 27.1. The summed E-state index contributed by atoms with van der Waals surface area (Å²) in [5.74, 6) is 0.874. The lowest BCUT2D eigenvalue weighted by molar-refractivity contribution is 0.288. The molecule has 0 bridgehead atoms. The molecule has 5 heteroatoms. The van der Waals surface area contributed by atoms with E-state index >= 15 is 0 Å². The first kappa shape index (κ1) is 16.9. The minimum absolute atomic E-state index is 0.432. The molecule has 1 aromatic rings. The molecule has 1 aliphatic heterocycles. The van der Waals surface area contributed by atoms with Crippen LogP contribution >= 0.6 is 0 Å². The number of piperidine rings is 1. The fourth-order valence-corrected chi connectivity index (χ4v) is 4.69. The quantitative estimate of drug-likeness (QED) is 0.833. The van der Waals surface area contributed by atoms with Crippen LogP contribution in [0.2, 0.25) is 0 Å². The van der Waals surface area contributed by atoms with E-state index in [0.29, 0.717) is 24.0 Å². The molecular formula is C18H28N2O2S. The maximum Gasteiger partial charge on any atom is 0.243 e. The van der Waals surface area contributed by atoms with Crippen molar-refractivity contribution in [2.75, 3.05) is 19.6 Å². The molecule has 1 aliphatic carbocycles. The number of sulfonamides is 1. The number of nitrogens with zero attached hydrogens (tertiary/aromatic N) is 1. The van der Waals surface area contributed by atoms with E-state index < -0.39 is 10.0 Å². The van der Waals surface area contributed by atoms with Gasteiger partial charge in [-0.3, -0.25) is 0 Å². The summed E-state index contributed by atoms with van der Waals surface area (Å²) in [5, 5.41) is 3.60. The van der Waals surface area contributed by atoms with Crippen LogP contribution in [-0.4, -0.2) is 38.4 Å². The van der Waals surface area contributed by atoms with Crippen molar-refractivity contribution >= 4 is 10.0 Å². The van der Waals surface area contributed by atoms with Gasteiger partial charge in [0.05, 0.1) is 4.90 Å². The van der Waals surface area contributed by atoms with Crippen molar-refractivity contribution in [2.24, 2.45) is 5.92 Å². The molecule has 1 heterocycles. The maximum atomic E-state index is 12.7. The first-order chi connectivity index (χ1) is 11.1. The lowest BCUT2D eigenvalue weighted by atomic mass is 10.1. The van der Waals surface area contributed by atoms with Crippen LogP contribution in [0.3, 0.4) is 0 Å². The second-order valence-electron chi connectivity index (χ2n) is 6.92. The van der Waals surface area contributed by atoms with Gasteiger partial charge in [0.1, 0.15) is 0 Å². The summed E-state index contributed by atoms with van der Waals surface area (Å²) in [4.78, 5) is 0.432. The number of aryl methyl sites for hydroxylation is 1. The van der Waals surface area contributed by atoms with Crippen molar-refractivity contribution in [3.63, 3.8) is 0 Å². The fraction of sp³-hybridized carbons (Fsp3) is 0.667. The molecule has 3 rings (SSSR count). The van der Waals surface area contributed by atoms with E-state index in [4.69, 9.17) is 0 Å². The van der Waals surface area contributed by atoms with Crippen LogP contribution in [0.1, 0.15) is 44.6 Å². The molecule has 0 amide bonds. The van der Waals surface area contributed by atoms with Gasteiger partial charge >= 0.3 is 0 Å². The molecule has 0 radical (unpaired) electrons. The van der Waals surface area contributed by atoms with Gasteiger partial charge < -0.3 is 5.32 Å². The van der Waals surface area contributed by atoms with E-state index in [1.807, 2.05) is 12.1 Å². The number of rotatable bonds is 7. The van der Waals surface area contributed by atoms with Crippen LogP contribution in [0.15, 0.2) is 29.2 Å². The standard InChI is InChI=1S/C18H28N2O2S/c1-2-3-15-6-8-18(9-7-15)23(21,22)20-12-10-17(11-13-20)19-14-16-4-5-16/h6-9,16-17,19H,2-5,10-14H2,1H3. The molecule has 1 N–H and O–H groups in total. The lowest BCUT2D eigenvalue weighted by Gasteiger charge is -2.31. The van der Waals surface area contributed by atoms with Crippen LogP contribution in [0.25, 0.3) is 0 Å². The third-order valence-electron chi connectivity index (χ3n) is 4.95. The van der Waals surface area contributed by atoms with Gasteiger partial charge in [-0.1, -0.05) is 25.5 Å². The maximum absolute atomic E-state index is 12.7. The molecule has 0 unspecified atom stereocenters.